The van der Waals surface area contributed by atoms with Crippen molar-refractivity contribution in [3.05, 3.63) is 11.8 Å². The highest BCUT2D eigenvalue weighted by Gasteiger charge is 2.34. The van der Waals surface area contributed by atoms with Gasteiger partial charge in [-0.15, -0.1) is 0 Å². The number of carbonyl (C=O) groups is 1. The first-order valence-corrected chi connectivity index (χ1v) is 6.46. The van der Waals surface area contributed by atoms with E-state index in [9.17, 15) is 13.2 Å². The molecule has 2 aliphatic rings. The predicted molar refractivity (Wildman–Crippen MR) is 50.4 cm³/mol. The summed E-state index contributed by atoms with van der Waals surface area (Å²) in [6.07, 6.45) is 2.56. The van der Waals surface area contributed by atoms with Crippen LogP contribution in [0.25, 0.3) is 0 Å². The molecule has 14 heavy (non-hydrogen) atoms. The lowest BCUT2D eigenvalue weighted by molar-refractivity contribution is -0.118. The maximum absolute atomic E-state index is 11.7. The van der Waals surface area contributed by atoms with Crippen LogP contribution in [0.15, 0.2) is 11.8 Å². The highest BCUT2D eigenvalue weighted by atomic mass is 32.2. The molecule has 0 amide bonds. The largest absolute Gasteiger partial charge is 0.500 e. The molecule has 2 rings (SSSR count). The lowest BCUT2D eigenvalue weighted by atomic mass is 9.97. The summed E-state index contributed by atoms with van der Waals surface area (Å²) in [5, 5.41) is 0. The predicted octanol–water partition coefficient (Wildman–Crippen LogP) is 0.294. The van der Waals surface area contributed by atoms with Gasteiger partial charge in [0.15, 0.2) is 15.6 Å². The summed E-state index contributed by atoms with van der Waals surface area (Å²) in [5.74, 6) is -0.197. The van der Waals surface area contributed by atoms with Crippen molar-refractivity contribution in [1.29, 1.82) is 0 Å². The van der Waals surface area contributed by atoms with E-state index in [4.69, 9.17) is 4.74 Å². The van der Waals surface area contributed by atoms with Gasteiger partial charge < -0.3 is 4.74 Å². The van der Waals surface area contributed by atoms with Crippen molar-refractivity contribution in [2.24, 2.45) is 5.92 Å². The summed E-state index contributed by atoms with van der Waals surface area (Å²) in [6, 6.07) is 0. The third kappa shape index (κ3) is 1.82. The molecule has 78 valence electrons. The summed E-state index contributed by atoms with van der Waals surface area (Å²) >= 11 is 0. The Balaban J connectivity index is 2.07. The van der Waals surface area contributed by atoms with Gasteiger partial charge in [0.05, 0.1) is 24.4 Å². The summed E-state index contributed by atoms with van der Waals surface area (Å²) in [5.41, 5.74) is 0.645. The van der Waals surface area contributed by atoms with Crippen LogP contribution in [0.1, 0.15) is 12.8 Å². The Labute approximate surface area is 82.9 Å². The third-order valence-electron chi connectivity index (χ3n) is 2.63. The SMILES string of the molecule is O=C(C1=COCC1)C1CCS(=O)(=O)C1. The number of Topliss-reactive ketones (excluding diaryl/α,β-unsaturated/α-hetero) is 1. The minimum atomic E-state index is -2.96. The zero-order valence-corrected chi connectivity index (χ0v) is 8.55. The van der Waals surface area contributed by atoms with Gasteiger partial charge in [-0.2, -0.15) is 0 Å². The topological polar surface area (TPSA) is 60.4 Å². The molecular formula is C9H12O4S. The first-order chi connectivity index (χ1) is 6.58. The normalized spacial score (nSPS) is 29.7. The van der Waals surface area contributed by atoms with Gasteiger partial charge in [-0.1, -0.05) is 0 Å². The Morgan fingerprint density at radius 3 is 2.79 bits per heavy atom. The second-order valence-corrected chi connectivity index (χ2v) is 5.96. The number of hydrogen-bond donors (Lipinski definition) is 0. The van der Waals surface area contributed by atoms with Crippen LogP contribution in [0, 0.1) is 5.92 Å². The summed E-state index contributed by atoms with van der Waals surface area (Å²) in [7, 11) is -2.96. The van der Waals surface area contributed by atoms with Crippen molar-refractivity contribution in [2.45, 2.75) is 12.8 Å². The van der Waals surface area contributed by atoms with Crippen LogP contribution in [-0.4, -0.2) is 32.3 Å². The van der Waals surface area contributed by atoms with E-state index in [2.05, 4.69) is 0 Å². The lowest BCUT2D eigenvalue weighted by Gasteiger charge is -2.04. The standard InChI is InChI=1S/C9H12O4S/c10-9(7-1-3-13-5-7)8-2-4-14(11,12)6-8/h5,8H,1-4,6H2. The fourth-order valence-corrected chi connectivity index (χ4v) is 3.57. The van der Waals surface area contributed by atoms with E-state index in [1.54, 1.807) is 0 Å². The molecule has 0 N–H and O–H groups in total. The van der Waals surface area contributed by atoms with Gasteiger partial charge in [0.25, 0.3) is 0 Å². The summed E-state index contributed by atoms with van der Waals surface area (Å²) in [4.78, 5) is 11.7. The third-order valence-corrected chi connectivity index (χ3v) is 4.40. The zero-order valence-electron chi connectivity index (χ0n) is 7.73. The fourth-order valence-electron chi connectivity index (χ4n) is 1.83. The van der Waals surface area contributed by atoms with Crippen LogP contribution in [0.2, 0.25) is 0 Å². The molecule has 1 saturated heterocycles. The van der Waals surface area contributed by atoms with Gasteiger partial charge >= 0.3 is 0 Å². The van der Waals surface area contributed by atoms with Gasteiger partial charge in [-0.05, 0) is 6.42 Å². The van der Waals surface area contributed by atoms with Crippen LogP contribution >= 0.6 is 0 Å². The van der Waals surface area contributed by atoms with E-state index in [1.165, 1.54) is 6.26 Å². The van der Waals surface area contributed by atoms with Gasteiger partial charge in [0.1, 0.15) is 0 Å². The van der Waals surface area contributed by atoms with Crippen molar-refractivity contribution >= 4 is 15.6 Å². The molecule has 5 heteroatoms. The maximum Gasteiger partial charge on any atom is 0.166 e. The quantitative estimate of drug-likeness (QED) is 0.666. The average Bonchev–Trinajstić information content (AvgIpc) is 2.72. The number of sulfone groups is 1. The van der Waals surface area contributed by atoms with Crippen LogP contribution < -0.4 is 0 Å². The number of carbonyl (C=O) groups excluding carboxylic acids is 1. The average molecular weight is 216 g/mol. The van der Waals surface area contributed by atoms with E-state index in [0.717, 1.165) is 0 Å². The molecule has 0 radical (unpaired) electrons. The Morgan fingerprint density at radius 1 is 1.50 bits per heavy atom. The molecule has 0 bridgehead atoms. The first-order valence-electron chi connectivity index (χ1n) is 4.64. The molecule has 0 saturated carbocycles. The molecule has 2 aliphatic heterocycles. The molecule has 1 atom stereocenters. The van der Waals surface area contributed by atoms with Gasteiger partial charge in [0, 0.05) is 17.9 Å². The van der Waals surface area contributed by atoms with E-state index in [0.29, 0.717) is 25.0 Å². The smallest absolute Gasteiger partial charge is 0.166 e. The molecule has 0 aromatic carbocycles. The molecule has 1 unspecified atom stereocenters. The number of rotatable bonds is 2. The van der Waals surface area contributed by atoms with Crippen molar-refractivity contribution < 1.29 is 17.9 Å². The highest BCUT2D eigenvalue weighted by Crippen LogP contribution is 2.24. The highest BCUT2D eigenvalue weighted by molar-refractivity contribution is 7.91. The zero-order chi connectivity index (χ0) is 10.2. The molecule has 0 aromatic rings. The van der Waals surface area contributed by atoms with Crippen LogP contribution in [0.4, 0.5) is 0 Å². The van der Waals surface area contributed by atoms with Crippen molar-refractivity contribution in [1.82, 2.24) is 0 Å². The van der Waals surface area contributed by atoms with Crippen molar-refractivity contribution in [3.8, 4) is 0 Å². The van der Waals surface area contributed by atoms with Gasteiger partial charge in [-0.25, -0.2) is 8.42 Å². The monoisotopic (exact) mass is 216 g/mol. The minimum Gasteiger partial charge on any atom is -0.500 e. The maximum atomic E-state index is 11.7. The Morgan fingerprint density at radius 2 is 2.29 bits per heavy atom. The van der Waals surface area contributed by atoms with Gasteiger partial charge in [0.2, 0.25) is 0 Å². The second kappa shape index (κ2) is 3.38. The summed E-state index contributed by atoms with van der Waals surface area (Å²) in [6.45, 7) is 0.542. The molecular weight excluding hydrogens is 204 g/mol. The number of ether oxygens (including phenoxy) is 1. The molecule has 4 nitrogen and oxygen atoms in total. The first kappa shape index (κ1) is 9.71. The Hall–Kier alpha value is -0.840. The Kier molecular flexibility index (Phi) is 2.34. The van der Waals surface area contributed by atoms with Gasteiger partial charge in [-0.3, -0.25) is 4.79 Å². The van der Waals surface area contributed by atoms with E-state index < -0.39 is 9.84 Å². The van der Waals surface area contributed by atoms with Crippen molar-refractivity contribution in [2.75, 3.05) is 18.1 Å². The molecule has 2 heterocycles. The number of ketones is 1. The minimum absolute atomic E-state index is 0.0170. The molecule has 0 aromatic heterocycles. The van der Waals surface area contributed by atoms with Crippen LogP contribution in [0.5, 0.6) is 0 Å². The number of hydrogen-bond acceptors (Lipinski definition) is 4. The van der Waals surface area contributed by atoms with Crippen molar-refractivity contribution in [3.63, 3.8) is 0 Å². The van der Waals surface area contributed by atoms with Crippen LogP contribution in [-0.2, 0) is 19.4 Å². The second-order valence-electron chi connectivity index (χ2n) is 3.73. The Bertz CT molecular complexity index is 380. The molecule has 1 fully saturated rings. The molecule has 0 spiro atoms. The summed E-state index contributed by atoms with van der Waals surface area (Å²) < 4.78 is 27.3. The fraction of sp³-hybridized carbons (Fsp3) is 0.667. The molecule has 0 aliphatic carbocycles. The van der Waals surface area contributed by atoms with E-state index in [-0.39, 0.29) is 23.2 Å². The van der Waals surface area contributed by atoms with Crippen LogP contribution in [0.3, 0.4) is 0 Å². The van der Waals surface area contributed by atoms with E-state index in [1.807, 2.05) is 0 Å². The van der Waals surface area contributed by atoms with E-state index >= 15 is 0 Å². The lowest BCUT2D eigenvalue weighted by Crippen LogP contribution is -2.17.